The summed E-state index contributed by atoms with van der Waals surface area (Å²) in [6.07, 6.45) is 1.01. The second-order valence-electron chi connectivity index (χ2n) is 14.2. The molecule has 2 saturated heterocycles. The van der Waals surface area contributed by atoms with Gasteiger partial charge in [0.15, 0.2) is 0 Å². The summed E-state index contributed by atoms with van der Waals surface area (Å²) in [5, 5.41) is 9.98. The van der Waals surface area contributed by atoms with Crippen molar-refractivity contribution in [2.45, 2.75) is 71.0 Å². The molecule has 2 heterocycles. The maximum Gasteiger partial charge on any atom is 0.0599 e. The molecule has 6 nitrogen and oxygen atoms in total. The molecule has 0 amide bonds. The summed E-state index contributed by atoms with van der Waals surface area (Å²) in [5.74, 6) is 0. The lowest BCUT2D eigenvalue weighted by Gasteiger charge is -2.39. The minimum Gasteiger partial charge on any atom is -0.395 e. The summed E-state index contributed by atoms with van der Waals surface area (Å²) in [7, 11) is 3.93. The number of piperazine rings is 2. The monoisotopic (exact) mass is 564 g/mol. The minimum absolute atomic E-state index is 0.00918. The van der Waals surface area contributed by atoms with Gasteiger partial charge in [0.05, 0.1) is 13.2 Å². The second kappa shape index (κ2) is 14.1. The predicted molar refractivity (Wildman–Crippen MR) is 171 cm³/mol. The number of likely N-dealkylation sites (N-methyl/N-ethyl adjacent to an activating group) is 1. The van der Waals surface area contributed by atoms with Crippen LogP contribution in [0.2, 0.25) is 0 Å². The SMILES string of the molecule is COCCN1CCN(Cc2cc(CC(C)(C)c3cccc(CN4CCN(C)CC4CO)c3)cc(C(C)(C)C)c2)CC1. The van der Waals surface area contributed by atoms with Gasteiger partial charge in [0.2, 0.25) is 0 Å². The average molecular weight is 565 g/mol. The predicted octanol–water partition coefficient (Wildman–Crippen LogP) is 4.38. The first-order valence-corrected chi connectivity index (χ1v) is 15.7. The molecule has 1 unspecified atom stereocenters. The number of aliphatic hydroxyl groups is 1. The van der Waals surface area contributed by atoms with Crippen molar-refractivity contribution in [3.63, 3.8) is 0 Å². The Morgan fingerprint density at radius 1 is 0.805 bits per heavy atom. The normalized spacial score (nSPS) is 20.5. The Balaban J connectivity index is 1.48. The van der Waals surface area contributed by atoms with Crippen molar-refractivity contribution < 1.29 is 9.84 Å². The number of hydrogen-bond acceptors (Lipinski definition) is 6. The van der Waals surface area contributed by atoms with Gasteiger partial charge < -0.3 is 14.7 Å². The van der Waals surface area contributed by atoms with E-state index >= 15 is 0 Å². The number of hydrogen-bond donors (Lipinski definition) is 1. The number of ether oxygens (including phenoxy) is 1. The van der Waals surface area contributed by atoms with Crippen molar-refractivity contribution in [2.75, 3.05) is 79.7 Å². The zero-order valence-corrected chi connectivity index (χ0v) is 27.0. The molecular formula is C35H56N4O2. The summed E-state index contributed by atoms with van der Waals surface area (Å²) in [4.78, 5) is 9.89. The highest BCUT2D eigenvalue weighted by molar-refractivity contribution is 5.37. The lowest BCUT2D eigenvalue weighted by molar-refractivity contribution is 0.0458. The van der Waals surface area contributed by atoms with Gasteiger partial charge in [0, 0.05) is 78.6 Å². The van der Waals surface area contributed by atoms with Crippen molar-refractivity contribution in [3.05, 3.63) is 70.3 Å². The Kier molecular flexibility index (Phi) is 11.1. The highest BCUT2D eigenvalue weighted by Crippen LogP contribution is 2.32. The first kappa shape index (κ1) is 32.1. The van der Waals surface area contributed by atoms with E-state index in [1.54, 1.807) is 7.11 Å². The largest absolute Gasteiger partial charge is 0.395 e. The molecule has 2 aromatic carbocycles. The van der Waals surface area contributed by atoms with E-state index in [2.05, 4.69) is 104 Å². The standard InChI is InChI=1S/C35H56N4O2/c1-34(2,3)32-21-29(19-30(22-32)24-38-14-12-37(13-15-38)17-18-41-7)23-35(4,5)31-10-8-9-28(20-31)25-39-16-11-36(6)26-33(39)27-40/h8-10,19-22,33,40H,11-18,23-27H2,1-7H3. The molecule has 2 aliphatic heterocycles. The van der Waals surface area contributed by atoms with Crippen LogP contribution in [0.1, 0.15) is 62.4 Å². The van der Waals surface area contributed by atoms with Crippen LogP contribution in [0.25, 0.3) is 0 Å². The Hall–Kier alpha value is -1.80. The molecule has 41 heavy (non-hydrogen) atoms. The number of aliphatic hydroxyl groups excluding tert-OH is 1. The average Bonchev–Trinajstić information content (AvgIpc) is 2.93. The lowest BCUT2D eigenvalue weighted by Crippen LogP contribution is -2.52. The molecule has 0 spiro atoms. The van der Waals surface area contributed by atoms with E-state index < -0.39 is 0 Å². The number of methoxy groups -OCH3 is 1. The van der Waals surface area contributed by atoms with Crippen molar-refractivity contribution >= 4 is 0 Å². The van der Waals surface area contributed by atoms with Crippen LogP contribution in [0.3, 0.4) is 0 Å². The molecule has 0 aromatic heterocycles. The Bertz CT molecular complexity index is 1100. The van der Waals surface area contributed by atoms with E-state index in [9.17, 15) is 5.11 Å². The molecule has 0 bridgehead atoms. The third-order valence-electron chi connectivity index (χ3n) is 9.16. The topological polar surface area (TPSA) is 42.4 Å². The van der Waals surface area contributed by atoms with E-state index in [0.29, 0.717) is 0 Å². The summed E-state index contributed by atoms with van der Waals surface area (Å²) >= 11 is 0. The van der Waals surface area contributed by atoms with Gasteiger partial charge in [-0.2, -0.15) is 0 Å². The van der Waals surface area contributed by atoms with Gasteiger partial charge in [0.1, 0.15) is 0 Å². The quantitative estimate of drug-likeness (QED) is 0.437. The summed E-state index contributed by atoms with van der Waals surface area (Å²) in [6.45, 7) is 23.2. The van der Waals surface area contributed by atoms with Gasteiger partial charge in [-0.25, -0.2) is 0 Å². The van der Waals surface area contributed by atoms with Crippen LogP contribution in [0.15, 0.2) is 42.5 Å². The zero-order valence-electron chi connectivity index (χ0n) is 27.0. The van der Waals surface area contributed by atoms with Crippen molar-refractivity contribution in [2.24, 2.45) is 0 Å². The summed E-state index contributed by atoms with van der Waals surface area (Å²) in [6, 6.07) is 16.7. The van der Waals surface area contributed by atoms with Crippen LogP contribution in [0, 0.1) is 0 Å². The molecule has 228 valence electrons. The van der Waals surface area contributed by atoms with Gasteiger partial charge in [-0.15, -0.1) is 0 Å². The molecule has 4 rings (SSSR count). The Labute approximate surface area is 250 Å². The summed E-state index contributed by atoms with van der Waals surface area (Å²) in [5.41, 5.74) is 7.15. The molecule has 2 aromatic rings. The number of nitrogens with zero attached hydrogens (tertiary/aromatic N) is 4. The fourth-order valence-corrected chi connectivity index (χ4v) is 6.41. The number of rotatable bonds is 11. The van der Waals surface area contributed by atoms with E-state index in [4.69, 9.17) is 4.74 Å². The maximum atomic E-state index is 9.98. The first-order chi connectivity index (χ1) is 19.5. The van der Waals surface area contributed by atoms with E-state index in [1.807, 2.05) is 0 Å². The first-order valence-electron chi connectivity index (χ1n) is 15.7. The molecule has 1 atom stereocenters. The van der Waals surface area contributed by atoms with Crippen molar-refractivity contribution in [1.29, 1.82) is 0 Å². The van der Waals surface area contributed by atoms with Crippen LogP contribution in [-0.4, -0.2) is 110 Å². The maximum absolute atomic E-state index is 9.98. The molecule has 2 aliphatic rings. The van der Waals surface area contributed by atoms with Gasteiger partial charge in [0.25, 0.3) is 0 Å². The highest BCUT2D eigenvalue weighted by Gasteiger charge is 2.27. The fourth-order valence-electron chi connectivity index (χ4n) is 6.41. The molecule has 6 heteroatoms. The Morgan fingerprint density at radius 3 is 2.17 bits per heavy atom. The number of benzene rings is 2. The van der Waals surface area contributed by atoms with Crippen LogP contribution in [0.5, 0.6) is 0 Å². The van der Waals surface area contributed by atoms with E-state index in [-0.39, 0.29) is 23.5 Å². The van der Waals surface area contributed by atoms with Crippen LogP contribution in [-0.2, 0) is 35.1 Å². The third-order valence-corrected chi connectivity index (χ3v) is 9.16. The smallest absolute Gasteiger partial charge is 0.0599 e. The molecule has 2 fully saturated rings. The molecule has 0 radical (unpaired) electrons. The summed E-state index contributed by atoms with van der Waals surface area (Å²) < 4.78 is 5.28. The van der Waals surface area contributed by atoms with Crippen molar-refractivity contribution in [1.82, 2.24) is 19.6 Å². The molecule has 0 aliphatic carbocycles. The van der Waals surface area contributed by atoms with E-state index in [1.165, 1.54) is 27.8 Å². The molecule has 1 N–H and O–H groups in total. The van der Waals surface area contributed by atoms with Crippen LogP contribution in [0.4, 0.5) is 0 Å². The van der Waals surface area contributed by atoms with Gasteiger partial charge in [-0.05, 0) is 52.1 Å². The third kappa shape index (κ3) is 9.09. The second-order valence-corrected chi connectivity index (χ2v) is 14.2. The van der Waals surface area contributed by atoms with Crippen LogP contribution < -0.4 is 0 Å². The Morgan fingerprint density at radius 2 is 1.49 bits per heavy atom. The highest BCUT2D eigenvalue weighted by atomic mass is 16.5. The molecular weight excluding hydrogens is 508 g/mol. The minimum atomic E-state index is 0.00918. The van der Waals surface area contributed by atoms with E-state index in [0.717, 1.165) is 78.5 Å². The fraction of sp³-hybridized carbons (Fsp3) is 0.657. The van der Waals surface area contributed by atoms with Crippen LogP contribution >= 0.6 is 0 Å². The van der Waals surface area contributed by atoms with Gasteiger partial charge in [-0.1, -0.05) is 77.1 Å². The lowest BCUT2D eigenvalue weighted by atomic mass is 9.77. The van der Waals surface area contributed by atoms with Crippen molar-refractivity contribution in [3.8, 4) is 0 Å². The zero-order chi connectivity index (χ0) is 29.6. The van der Waals surface area contributed by atoms with Gasteiger partial charge >= 0.3 is 0 Å². The van der Waals surface area contributed by atoms with Gasteiger partial charge in [-0.3, -0.25) is 14.7 Å². The molecule has 0 saturated carbocycles.